The van der Waals surface area contributed by atoms with Crippen LogP contribution < -0.4 is 4.74 Å². The van der Waals surface area contributed by atoms with E-state index in [-0.39, 0.29) is 10.7 Å². The maximum atomic E-state index is 12.3. The quantitative estimate of drug-likeness (QED) is 0.750. The smallest absolute Gasteiger partial charge is 0.236 e. The fraction of sp³-hybridized carbons (Fsp3) is 0.533. The van der Waals surface area contributed by atoms with E-state index >= 15 is 0 Å². The molecule has 104 valence electrons. The molecular weight excluding hydrogens is 306 g/mol. The lowest BCUT2D eigenvalue weighted by Crippen LogP contribution is -2.37. The molecule has 1 aliphatic rings. The zero-order valence-electron chi connectivity index (χ0n) is 11.4. The molecule has 4 heteroatoms. The second-order valence-corrected chi connectivity index (χ2v) is 6.03. The molecule has 1 fully saturated rings. The molecule has 1 aromatic carbocycles. The first-order valence-electron chi connectivity index (χ1n) is 6.73. The van der Waals surface area contributed by atoms with Gasteiger partial charge < -0.3 is 9.64 Å². The van der Waals surface area contributed by atoms with Gasteiger partial charge in [-0.1, -0.05) is 35.0 Å². The van der Waals surface area contributed by atoms with E-state index in [2.05, 4.69) is 15.9 Å². The molecule has 3 nitrogen and oxygen atoms in total. The largest absolute Gasteiger partial charge is 0.497 e. The number of hydrogen-bond acceptors (Lipinski definition) is 2. The summed E-state index contributed by atoms with van der Waals surface area (Å²) in [4.78, 5) is 14.3. The zero-order valence-corrected chi connectivity index (χ0v) is 13.0. The normalized spacial score (nSPS) is 15.9. The van der Waals surface area contributed by atoms with Crippen LogP contribution in [0.15, 0.2) is 24.3 Å². The van der Waals surface area contributed by atoms with Gasteiger partial charge in [-0.15, -0.1) is 0 Å². The van der Waals surface area contributed by atoms with E-state index in [1.165, 1.54) is 0 Å². The molecule has 0 saturated heterocycles. The Kier molecular flexibility index (Phi) is 4.86. The van der Waals surface area contributed by atoms with Crippen molar-refractivity contribution in [3.05, 3.63) is 29.8 Å². The van der Waals surface area contributed by atoms with Crippen LogP contribution in [-0.2, 0) is 11.3 Å². The Balaban J connectivity index is 2.05. The zero-order chi connectivity index (χ0) is 13.8. The molecule has 0 spiro atoms. The highest BCUT2D eigenvalue weighted by Crippen LogP contribution is 2.30. The van der Waals surface area contributed by atoms with E-state index in [0.29, 0.717) is 12.6 Å². The minimum absolute atomic E-state index is 0.0636. The van der Waals surface area contributed by atoms with E-state index in [4.69, 9.17) is 4.74 Å². The molecule has 0 aliphatic heterocycles. The summed E-state index contributed by atoms with van der Waals surface area (Å²) in [5.74, 6) is 1.06. The van der Waals surface area contributed by atoms with Crippen LogP contribution in [-0.4, -0.2) is 28.8 Å². The lowest BCUT2D eigenvalue weighted by Gasteiger charge is -2.25. The Bertz CT molecular complexity index is 428. The standard InChI is InChI=1S/C15H20BrNO2/c1-3-14(16)15(18)17(12-6-7-12)10-11-4-8-13(19-2)9-5-11/h4-5,8-9,12,14H,3,6-7,10H2,1-2H3. The SMILES string of the molecule is CCC(Br)C(=O)N(Cc1ccc(OC)cc1)C1CC1. The number of nitrogens with zero attached hydrogens (tertiary/aromatic N) is 1. The summed E-state index contributed by atoms with van der Waals surface area (Å²) in [6.45, 7) is 2.71. The first kappa shape index (κ1) is 14.4. The number of amides is 1. The molecule has 1 saturated carbocycles. The van der Waals surface area contributed by atoms with Gasteiger partial charge in [-0.05, 0) is 37.0 Å². The van der Waals surface area contributed by atoms with Crippen LogP contribution in [0.2, 0.25) is 0 Å². The number of halogens is 1. The van der Waals surface area contributed by atoms with Gasteiger partial charge in [0.2, 0.25) is 5.91 Å². The Hall–Kier alpha value is -1.03. The number of benzene rings is 1. The fourth-order valence-electron chi connectivity index (χ4n) is 2.06. The van der Waals surface area contributed by atoms with Crippen molar-refractivity contribution < 1.29 is 9.53 Å². The van der Waals surface area contributed by atoms with Gasteiger partial charge in [0, 0.05) is 12.6 Å². The Morgan fingerprint density at radius 3 is 2.53 bits per heavy atom. The summed E-state index contributed by atoms with van der Waals surface area (Å²) in [6, 6.07) is 8.36. The van der Waals surface area contributed by atoms with Crippen molar-refractivity contribution in [2.24, 2.45) is 0 Å². The number of carbonyl (C=O) groups is 1. The molecule has 0 heterocycles. The maximum absolute atomic E-state index is 12.3. The Morgan fingerprint density at radius 1 is 1.42 bits per heavy atom. The van der Waals surface area contributed by atoms with E-state index in [1.807, 2.05) is 36.1 Å². The molecule has 0 bridgehead atoms. The second-order valence-electron chi connectivity index (χ2n) is 4.92. The van der Waals surface area contributed by atoms with Crippen molar-refractivity contribution in [3.8, 4) is 5.75 Å². The van der Waals surface area contributed by atoms with Gasteiger partial charge in [-0.3, -0.25) is 4.79 Å². The highest BCUT2D eigenvalue weighted by atomic mass is 79.9. The van der Waals surface area contributed by atoms with E-state index in [0.717, 1.165) is 30.6 Å². The summed E-state index contributed by atoms with van der Waals surface area (Å²) >= 11 is 3.46. The number of hydrogen-bond donors (Lipinski definition) is 0. The van der Waals surface area contributed by atoms with Crippen molar-refractivity contribution in [2.75, 3.05) is 7.11 Å². The molecule has 1 aromatic rings. The first-order valence-corrected chi connectivity index (χ1v) is 7.64. The third kappa shape index (κ3) is 3.72. The average molecular weight is 326 g/mol. The predicted molar refractivity (Wildman–Crippen MR) is 79.6 cm³/mol. The van der Waals surface area contributed by atoms with Gasteiger partial charge >= 0.3 is 0 Å². The average Bonchev–Trinajstić information content (AvgIpc) is 3.28. The summed E-state index contributed by atoms with van der Waals surface area (Å²) in [5.41, 5.74) is 1.15. The number of ether oxygens (including phenoxy) is 1. The summed E-state index contributed by atoms with van der Waals surface area (Å²) in [5, 5.41) is 0. The minimum Gasteiger partial charge on any atom is -0.497 e. The maximum Gasteiger partial charge on any atom is 0.236 e. The van der Waals surface area contributed by atoms with Gasteiger partial charge in [0.1, 0.15) is 5.75 Å². The highest BCUT2D eigenvalue weighted by molar-refractivity contribution is 9.10. The summed E-state index contributed by atoms with van der Waals surface area (Å²) < 4.78 is 5.15. The summed E-state index contributed by atoms with van der Waals surface area (Å²) in [7, 11) is 1.66. The molecule has 19 heavy (non-hydrogen) atoms. The van der Waals surface area contributed by atoms with Crippen LogP contribution >= 0.6 is 15.9 Å². The lowest BCUT2D eigenvalue weighted by molar-refractivity contribution is -0.131. The number of rotatable bonds is 6. The topological polar surface area (TPSA) is 29.5 Å². The Morgan fingerprint density at radius 2 is 2.05 bits per heavy atom. The van der Waals surface area contributed by atoms with Gasteiger partial charge in [0.25, 0.3) is 0 Å². The van der Waals surface area contributed by atoms with Crippen LogP contribution in [0.1, 0.15) is 31.7 Å². The molecule has 1 amide bonds. The fourth-order valence-corrected chi connectivity index (χ4v) is 2.32. The third-order valence-corrected chi connectivity index (χ3v) is 4.45. The predicted octanol–water partition coefficient (Wildman–Crippen LogP) is 3.36. The van der Waals surface area contributed by atoms with E-state index in [1.54, 1.807) is 7.11 Å². The molecule has 2 rings (SSSR count). The monoisotopic (exact) mass is 325 g/mol. The van der Waals surface area contributed by atoms with Crippen LogP contribution in [0, 0.1) is 0 Å². The molecule has 1 unspecified atom stereocenters. The molecule has 0 N–H and O–H groups in total. The van der Waals surface area contributed by atoms with Crippen molar-refractivity contribution in [1.29, 1.82) is 0 Å². The summed E-state index contributed by atoms with van der Waals surface area (Å²) in [6.07, 6.45) is 3.08. The molecule has 1 aliphatic carbocycles. The lowest BCUT2D eigenvalue weighted by atomic mass is 10.2. The second kappa shape index (κ2) is 6.42. The molecular formula is C15H20BrNO2. The first-order chi connectivity index (χ1) is 9.15. The van der Waals surface area contributed by atoms with E-state index in [9.17, 15) is 4.79 Å². The third-order valence-electron chi connectivity index (χ3n) is 3.41. The highest BCUT2D eigenvalue weighted by Gasteiger charge is 2.34. The van der Waals surface area contributed by atoms with Crippen molar-refractivity contribution in [2.45, 2.75) is 43.6 Å². The van der Waals surface area contributed by atoms with Crippen LogP contribution in [0.25, 0.3) is 0 Å². The van der Waals surface area contributed by atoms with Crippen LogP contribution in [0.3, 0.4) is 0 Å². The van der Waals surface area contributed by atoms with Crippen molar-refractivity contribution in [3.63, 3.8) is 0 Å². The number of alkyl halides is 1. The van der Waals surface area contributed by atoms with Crippen LogP contribution in [0.4, 0.5) is 0 Å². The molecule has 0 aromatic heterocycles. The number of methoxy groups -OCH3 is 1. The Labute approximate surface area is 123 Å². The van der Waals surface area contributed by atoms with Crippen molar-refractivity contribution in [1.82, 2.24) is 4.90 Å². The van der Waals surface area contributed by atoms with E-state index < -0.39 is 0 Å². The molecule has 0 radical (unpaired) electrons. The number of carbonyl (C=O) groups excluding carboxylic acids is 1. The van der Waals surface area contributed by atoms with Crippen LogP contribution in [0.5, 0.6) is 5.75 Å². The molecule has 1 atom stereocenters. The van der Waals surface area contributed by atoms with Gasteiger partial charge in [0.05, 0.1) is 11.9 Å². The van der Waals surface area contributed by atoms with Gasteiger partial charge in [-0.2, -0.15) is 0 Å². The van der Waals surface area contributed by atoms with Gasteiger partial charge in [-0.25, -0.2) is 0 Å². The minimum atomic E-state index is -0.0636. The van der Waals surface area contributed by atoms with Gasteiger partial charge in [0.15, 0.2) is 0 Å². The van der Waals surface area contributed by atoms with Crippen molar-refractivity contribution >= 4 is 21.8 Å².